The van der Waals surface area contributed by atoms with E-state index in [9.17, 15) is 43.2 Å². The minimum absolute atomic E-state index is 0.106. The third-order valence-corrected chi connectivity index (χ3v) is 19.6. The molecule has 0 saturated carbocycles. The SMILES string of the molecule is CCCCCCCCCCCCCCC(=O)O[C@H](COC(=O)CCCCCCC)COP(=O)(O)OC[C@H](O)COP(=O)(O)OC[C@@H](COC(=O)CCCCCCCCCCCCCCCCCCC(C)C)OC(=O)CCCCCCCCCCCCCCCCCCC(C)C. The van der Waals surface area contributed by atoms with Gasteiger partial charge in [0.1, 0.15) is 19.3 Å². The van der Waals surface area contributed by atoms with Gasteiger partial charge in [-0.3, -0.25) is 37.3 Å². The monoisotopic (exact) mass is 1400 g/mol. The van der Waals surface area contributed by atoms with E-state index in [0.29, 0.717) is 25.7 Å². The number of rotatable bonds is 75. The molecule has 0 aliphatic carbocycles. The summed E-state index contributed by atoms with van der Waals surface area (Å²) >= 11 is 0. The molecule has 0 rings (SSSR count). The van der Waals surface area contributed by atoms with Crippen LogP contribution in [0.4, 0.5) is 0 Å². The normalized spacial score (nSPS) is 14.0. The number of unbranched alkanes of at least 4 members (excludes halogenated alkanes) is 45. The average molecular weight is 1400 g/mol. The van der Waals surface area contributed by atoms with Crippen LogP contribution < -0.4 is 0 Å². The van der Waals surface area contributed by atoms with Gasteiger partial charge in [0.2, 0.25) is 0 Å². The van der Waals surface area contributed by atoms with E-state index in [1.165, 1.54) is 205 Å². The van der Waals surface area contributed by atoms with Gasteiger partial charge in [0.15, 0.2) is 12.2 Å². The van der Waals surface area contributed by atoms with Crippen molar-refractivity contribution in [2.75, 3.05) is 39.6 Å². The van der Waals surface area contributed by atoms with Gasteiger partial charge in [-0.2, -0.15) is 0 Å². The van der Waals surface area contributed by atoms with Crippen molar-refractivity contribution < 1.29 is 80.2 Å². The fraction of sp³-hybridized carbons (Fsp3) is 0.947. The van der Waals surface area contributed by atoms with Gasteiger partial charge < -0.3 is 33.8 Å². The van der Waals surface area contributed by atoms with Crippen LogP contribution in [-0.4, -0.2) is 96.7 Å². The molecular formula is C76H148O17P2. The second-order valence-corrected chi connectivity index (χ2v) is 31.3. The highest BCUT2D eigenvalue weighted by Gasteiger charge is 2.30. The smallest absolute Gasteiger partial charge is 0.462 e. The zero-order valence-corrected chi connectivity index (χ0v) is 63.8. The number of phosphoric ester groups is 2. The molecule has 17 nitrogen and oxygen atoms in total. The minimum Gasteiger partial charge on any atom is -0.462 e. The number of esters is 4. The summed E-state index contributed by atoms with van der Waals surface area (Å²) < 4.78 is 68.3. The maximum atomic E-state index is 13.1. The lowest BCUT2D eigenvalue weighted by atomic mass is 10.0. The van der Waals surface area contributed by atoms with Crippen LogP contribution >= 0.6 is 15.6 Å². The van der Waals surface area contributed by atoms with E-state index in [1.807, 2.05) is 0 Å². The van der Waals surface area contributed by atoms with E-state index in [4.69, 9.17) is 37.0 Å². The van der Waals surface area contributed by atoms with E-state index in [2.05, 4.69) is 41.5 Å². The molecule has 5 atom stereocenters. The fourth-order valence-electron chi connectivity index (χ4n) is 11.7. The molecule has 0 saturated heterocycles. The maximum Gasteiger partial charge on any atom is 0.472 e. The Balaban J connectivity index is 5.13. The summed E-state index contributed by atoms with van der Waals surface area (Å²) in [5.41, 5.74) is 0. The number of carbonyl (C=O) groups excluding carboxylic acids is 4. The van der Waals surface area contributed by atoms with Gasteiger partial charge in [-0.1, -0.05) is 343 Å². The van der Waals surface area contributed by atoms with Crippen molar-refractivity contribution >= 4 is 39.5 Å². The Morgan fingerprint density at radius 1 is 0.284 bits per heavy atom. The van der Waals surface area contributed by atoms with E-state index >= 15 is 0 Å². The van der Waals surface area contributed by atoms with Gasteiger partial charge >= 0.3 is 39.5 Å². The first-order valence-electron chi connectivity index (χ1n) is 39.5. The average Bonchev–Trinajstić information content (AvgIpc) is 3.21. The molecule has 0 radical (unpaired) electrons. The van der Waals surface area contributed by atoms with Crippen LogP contribution in [-0.2, 0) is 65.4 Å². The van der Waals surface area contributed by atoms with E-state index in [0.717, 1.165) is 108 Å². The molecule has 0 amide bonds. The van der Waals surface area contributed by atoms with Crippen molar-refractivity contribution in [1.29, 1.82) is 0 Å². The maximum absolute atomic E-state index is 13.1. The summed E-state index contributed by atoms with van der Waals surface area (Å²) in [6.07, 6.45) is 55.9. The molecule has 0 aromatic rings. The summed E-state index contributed by atoms with van der Waals surface area (Å²) in [6.45, 7) is 9.57. The molecule has 0 aromatic carbocycles. The number of aliphatic hydroxyl groups is 1. The topological polar surface area (TPSA) is 237 Å². The standard InChI is InChI=1S/C76H148O17P2/c1-7-9-11-13-14-15-16-31-37-42-48-54-60-75(80)92-71(64-86-73(78)58-52-44-12-10-8-2)66-90-94(82,83)88-62-70(77)63-89-95(84,85)91-67-72(93-76(81)61-55-49-43-38-33-28-24-20-18-22-26-30-35-40-46-51-57-69(5)6)65-87-74(79)59-53-47-41-36-32-27-23-19-17-21-25-29-34-39-45-50-56-68(3)4/h68-72,77H,7-67H2,1-6H3,(H,82,83)(H,84,85)/t70-,71+,72+/m0/s1. The lowest BCUT2D eigenvalue weighted by Gasteiger charge is -2.21. The first-order chi connectivity index (χ1) is 45.9. The summed E-state index contributed by atoms with van der Waals surface area (Å²) in [7, 11) is -9.90. The first-order valence-corrected chi connectivity index (χ1v) is 42.5. The van der Waals surface area contributed by atoms with Gasteiger partial charge in [-0.05, 0) is 37.5 Å². The molecule has 0 bridgehead atoms. The van der Waals surface area contributed by atoms with E-state index < -0.39 is 97.5 Å². The van der Waals surface area contributed by atoms with Gasteiger partial charge in [0.25, 0.3) is 0 Å². The quantitative estimate of drug-likeness (QED) is 0.0222. The first kappa shape index (κ1) is 93.1. The highest BCUT2D eigenvalue weighted by atomic mass is 31.2. The number of aliphatic hydroxyl groups excluding tert-OH is 1. The molecule has 3 N–H and O–H groups in total. The lowest BCUT2D eigenvalue weighted by Crippen LogP contribution is -2.30. The number of phosphoric acid groups is 2. The van der Waals surface area contributed by atoms with Gasteiger partial charge in [-0.25, -0.2) is 9.13 Å². The zero-order chi connectivity index (χ0) is 70.0. The Morgan fingerprint density at radius 3 is 0.716 bits per heavy atom. The molecule has 2 unspecified atom stereocenters. The Labute approximate surface area is 581 Å². The van der Waals surface area contributed by atoms with Crippen LogP contribution in [0.5, 0.6) is 0 Å². The predicted octanol–water partition coefficient (Wildman–Crippen LogP) is 22.3. The van der Waals surface area contributed by atoms with Crippen LogP contribution in [0.3, 0.4) is 0 Å². The van der Waals surface area contributed by atoms with Crippen LogP contribution in [0.15, 0.2) is 0 Å². The molecule has 0 aliphatic rings. The third kappa shape index (κ3) is 70.3. The molecule has 0 heterocycles. The third-order valence-electron chi connectivity index (χ3n) is 17.7. The van der Waals surface area contributed by atoms with Crippen molar-refractivity contribution in [1.82, 2.24) is 0 Å². The highest BCUT2D eigenvalue weighted by molar-refractivity contribution is 7.47. The predicted molar refractivity (Wildman–Crippen MR) is 386 cm³/mol. The number of hydrogen-bond donors (Lipinski definition) is 3. The van der Waals surface area contributed by atoms with Crippen molar-refractivity contribution in [2.45, 2.75) is 413 Å². The number of ether oxygens (including phenoxy) is 4. The second-order valence-electron chi connectivity index (χ2n) is 28.3. The minimum atomic E-state index is -4.96. The fourth-order valence-corrected chi connectivity index (χ4v) is 13.2. The van der Waals surface area contributed by atoms with Gasteiger partial charge in [0.05, 0.1) is 26.4 Å². The lowest BCUT2D eigenvalue weighted by molar-refractivity contribution is -0.161. The Kier molecular flexibility index (Phi) is 66.5. The Morgan fingerprint density at radius 2 is 0.484 bits per heavy atom. The summed E-state index contributed by atoms with van der Waals surface area (Å²) in [5.74, 6) is -0.504. The molecule has 19 heteroatoms. The second kappa shape index (κ2) is 67.9. The van der Waals surface area contributed by atoms with Crippen LogP contribution in [0.25, 0.3) is 0 Å². The van der Waals surface area contributed by atoms with Gasteiger partial charge in [-0.15, -0.1) is 0 Å². The molecule has 0 aromatic heterocycles. The summed E-state index contributed by atoms with van der Waals surface area (Å²) in [4.78, 5) is 72.5. The Bertz CT molecular complexity index is 1840. The molecular weight excluding hydrogens is 1250 g/mol. The molecule has 0 spiro atoms. The summed E-state index contributed by atoms with van der Waals surface area (Å²) in [6, 6.07) is 0. The number of carbonyl (C=O) groups is 4. The van der Waals surface area contributed by atoms with Crippen LogP contribution in [0.2, 0.25) is 0 Å². The zero-order valence-electron chi connectivity index (χ0n) is 62.0. The molecule has 95 heavy (non-hydrogen) atoms. The Hall–Kier alpha value is -1.94. The summed E-state index contributed by atoms with van der Waals surface area (Å²) in [5, 5.41) is 10.6. The molecule has 0 fully saturated rings. The van der Waals surface area contributed by atoms with Crippen molar-refractivity contribution in [3.63, 3.8) is 0 Å². The highest BCUT2D eigenvalue weighted by Crippen LogP contribution is 2.45. The van der Waals surface area contributed by atoms with Crippen LogP contribution in [0.1, 0.15) is 395 Å². The molecule has 0 aliphatic heterocycles. The van der Waals surface area contributed by atoms with Crippen molar-refractivity contribution in [3.05, 3.63) is 0 Å². The van der Waals surface area contributed by atoms with Gasteiger partial charge in [0, 0.05) is 25.7 Å². The largest absolute Gasteiger partial charge is 0.472 e. The van der Waals surface area contributed by atoms with E-state index in [1.54, 1.807) is 0 Å². The number of hydrogen-bond acceptors (Lipinski definition) is 15. The van der Waals surface area contributed by atoms with E-state index in [-0.39, 0.29) is 25.7 Å². The van der Waals surface area contributed by atoms with Crippen molar-refractivity contribution in [3.8, 4) is 0 Å². The van der Waals surface area contributed by atoms with Crippen molar-refractivity contribution in [2.24, 2.45) is 11.8 Å². The van der Waals surface area contributed by atoms with Crippen LogP contribution in [0, 0.1) is 11.8 Å². The molecule has 564 valence electrons.